The fourth-order valence-corrected chi connectivity index (χ4v) is 1.60. The topological polar surface area (TPSA) is 50.7 Å². The molecule has 1 aromatic heterocycles. The monoisotopic (exact) mass is 240 g/mol. The molecule has 2 rings (SSSR count). The molecule has 0 unspecified atom stereocenters. The fourth-order valence-electron chi connectivity index (χ4n) is 1.60. The van der Waals surface area contributed by atoms with E-state index in [1.54, 1.807) is 6.20 Å². The lowest BCUT2D eigenvalue weighted by molar-refractivity contribution is 0.961. The zero-order valence-electron chi connectivity index (χ0n) is 10.6. The second kappa shape index (κ2) is 5.40. The minimum Gasteiger partial charge on any atom is -0.349 e. The van der Waals surface area contributed by atoms with E-state index < -0.39 is 0 Å². The summed E-state index contributed by atoms with van der Waals surface area (Å²) in [6.07, 6.45) is 1.67. The van der Waals surface area contributed by atoms with Crippen molar-refractivity contribution in [2.24, 2.45) is 0 Å². The third kappa shape index (κ3) is 2.91. The van der Waals surface area contributed by atoms with E-state index in [4.69, 9.17) is 0 Å². The highest BCUT2D eigenvalue weighted by molar-refractivity contribution is 5.63. The predicted octanol–water partition coefficient (Wildman–Crippen LogP) is 2.84. The zero-order valence-corrected chi connectivity index (χ0v) is 10.6. The van der Waals surface area contributed by atoms with Crippen LogP contribution in [0.15, 0.2) is 42.6 Å². The van der Waals surface area contributed by atoms with Crippen LogP contribution in [0.2, 0.25) is 0 Å². The molecule has 92 valence electrons. The summed E-state index contributed by atoms with van der Waals surface area (Å²) in [6.45, 7) is 8.48. The standard InChI is InChI=1S/C14H16N4/c1-10(2)8-15-14-17-13(9-16-18-14)12-7-5-4-6-11(12)3/h4-7,9H,1,8H2,2-3H3,(H,15,17,18). The van der Waals surface area contributed by atoms with Gasteiger partial charge >= 0.3 is 0 Å². The quantitative estimate of drug-likeness (QED) is 0.835. The molecule has 0 saturated carbocycles. The van der Waals surface area contributed by atoms with Crippen LogP contribution in [0.25, 0.3) is 11.3 Å². The maximum absolute atomic E-state index is 4.45. The van der Waals surface area contributed by atoms with Crippen LogP contribution in [0.1, 0.15) is 12.5 Å². The molecule has 1 aromatic carbocycles. The number of hydrogen-bond acceptors (Lipinski definition) is 4. The van der Waals surface area contributed by atoms with Crippen LogP contribution >= 0.6 is 0 Å². The van der Waals surface area contributed by atoms with Crippen molar-refractivity contribution in [2.75, 3.05) is 11.9 Å². The van der Waals surface area contributed by atoms with Gasteiger partial charge in [-0.1, -0.05) is 36.4 Å². The van der Waals surface area contributed by atoms with Crippen LogP contribution in [-0.4, -0.2) is 21.7 Å². The number of anilines is 1. The Balaban J connectivity index is 2.27. The molecular weight excluding hydrogens is 224 g/mol. The van der Waals surface area contributed by atoms with Gasteiger partial charge in [-0.2, -0.15) is 5.10 Å². The molecule has 0 spiro atoms. The number of hydrogen-bond donors (Lipinski definition) is 1. The molecule has 0 atom stereocenters. The van der Waals surface area contributed by atoms with Gasteiger partial charge in [-0.15, -0.1) is 5.10 Å². The molecule has 0 aliphatic heterocycles. The minimum atomic E-state index is 0.527. The van der Waals surface area contributed by atoms with Crippen molar-refractivity contribution in [3.05, 3.63) is 48.2 Å². The highest BCUT2D eigenvalue weighted by Gasteiger charge is 2.05. The number of rotatable bonds is 4. The lowest BCUT2D eigenvalue weighted by Gasteiger charge is -2.07. The van der Waals surface area contributed by atoms with Gasteiger partial charge in [0.05, 0.1) is 11.9 Å². The Kier molecular flexibility index (Phi) is 3.67. The summed E-state index contributed by atoms with van der Waals surface area (Å²) < 4.78 is 0. The van der Waals surface area contributed by atoms with Gasteiger partial charge in [0.2, 0.25) is 5.95 Å². The predicted molar refractivity (Wildman–Crippen MR) is 73.3 cm³/mol. The second-order valence-electron chi connectivity index (χ2n) is 4.29. The van der Waals surface area contributed by atoms with Gasteiger partial charge in [0.25, 0.3) is 0 Å². The van der Waals surface area contributed by atoms with E-state index in [0.29, 0.717) is 12.5 Å². The normalized spacial score (nSPS) is 10.1. The molecule has 4 heteroatoms. The first-order valence-corrected chi connectivity index (χ1v) is 5.81. The summed E-state index contributed by atoms with van der Waals surface area (Å²) >= 11 is 0. The summed E-state index contributed by atoms with van der Waals surface area (Å²) in [5, 5.41) is 11.0. The van der Waals surface area contributed by atoms with Gasteiger partial charge in [-0.3, -0.25) is 0 Å². The lowest BCUT2D eigenvalue weighted by atomic mass is 10.1. The summed E-state index contributed by atoms with van der Waals surface area (Å²) in [5.74, 6) is 0.527. The SMILES string of the molecule is C=C(C)CNc1nncc(-c2ccccc2C)n1. The van der Waals surface area contributed by atoms with E-state index in [9.17, 15) is 0 Å². The Hall–Kier alpha value is -2.23. The van der Waals surface area contributed by atoms with Crippen LogP contribution in [-0.2, 0) is 0 Å². The highest BCUT2D eigenvalue weighted by atomic mass is 15.2. The Bertz CT molecular complexity index is 563. The Morgan fingerprint density at radius 1 is 1.33 bits per heavy atom. The van der Waals surface area contributed by atoms with E-state index in [1.165, 1.54) is 5.56 Å². The summed E-state index contributed by atoms with van der Waals surface area (Å²) in [5.41, 5.74) is 4.10. The number of nitrogens with one attached hydrogen (secondary N) is 1. The molecule has 0 saturated heterocycles. The summed E-state index contributed by atoms with van der Waals surface area (Å²) in [6, 6.07) is 8.08. The van der Waals surface area contributed by atoms with Crippen molar-refractivity contribution in [2.45, 2.75) is 13.8 Å². The molecule has 4 nitrogen and oxygen atoms in total. The van der Waals surface area contributed by atoms with Gasteiger partial charge in [0.15, 0.2) is 0 Å². The van der Waals surface area contributed by atoms with Gasteiger partial charge < -0.3 is 5.32 Å². The molecule has 0 amide bonds. The van der Waals surface area contributed by atoms with Gasteiger partial charge in [-0.25, -0.2) is 4.98 Å². The van der Waals surface area contributed by atoms with Crippen molar-refractivity contribution in [1.29, 1.82) is 0 Å². The Morgan fingerprint density at radius 3 is 2.83 bits per heavy atom. The first kappa shape index (κ1) is 12.2. The largest absolute Gasteiger partial charge is 0.349 e. The van der Waals surface area contributed by atoms with Crippen molar-refractivity contribution < 1.29 is 0 Å². The first-order chi connectivity index (χ1) is 8.66. The summed E-state index contributed by atoms with van der Waals surface area (Å²) in [7, 11) is 0. The molecule has 1 N–H and O–H groups in total. The minimum absolute atomic E-state index is 0.527. The lowest BCUT2D eigenvalue weighted by Crippen LogP contribution is -2.07. The maximum atomic E-state index is 4.45. The van der Waals surface area contributed by atoms with E-state index in [-0.39, 0.29) is 0 Å². The molecular formula is C14H16N4. The van der Waals surface area contributed by atoms with Crippen molar-refractivity contribution in [1.82, 2.24) is 15.2 Å². The third-order valence-corrected chi connectivity index (χ3v) is 2.53. The van der Waals surface area contributed by atoms with E-state index in [1.807, 2.05) is 25.1 Å². The molecule has 2 aromatic rings. The molecule has 0 radical (unpaired) electrons. The zero-order chi connectivity index (χ0) is 13.0. The van der Waals surface area contributed by atoms with E-state index >= 15 is 0 Å². The first-order valence-electron chi connectivity index (χ1n) is 5.81. The van der Waals surface area contributed by atoms with Crippen LogP contribution in [0.5, 0.6) is 0 Å². The average molecular weight is 240 g/mol. The molecule has 0 aliphatic carbocycles. The summed E-state index contributed by atoms with van der Waals surface area (Å²) in [4.78, 5) is 4.45. The van der Waals surface area contributed by atoms with Crippen LogP contribution in [0.4, 0.5) is 5.95 Å². The van der Waals surface area contributed by atoms with Crippen LogP contribution < -0.4 is 5.32 Å². The van der Waals surface area contributed by atoms with Crippen molar-refractivity contribution in [3.63, 3.8) is 0 Å². The number of aryl methyl sites for hydroxylation is 1. The van der Waals surface area contributed by atoms with Crippen LogP contribution in [0, 0.1) is 6.92 Å². The average Bonchev–Trinajstić information content (AvgIpc) is 2.37. The van der Waals surface area contributed by atoms with Gasteiger partial charge in [0, 0.05) is 12.1 Å². The highest BCUT2D eigenvalue weighted by Crippen LogP contribution is 2.20. The smallest absolute Gasteiger partial charge is 0.243 e. The molecule has 1 heterocycles. The third-order valence-electron chi connectivity index (χ3n) is 2.53. The second-order valence-corrected chi connectivity index (χ2v) is 4.29. The molecule has 0 aliphatic rings. The molecule has 18 heavy (non-hydrogen) atoms. The van der Waals surface area contributed by atoms with Gasteiger partial charge in [0.1, 0.15) is 0 Å². The van der Waals surface area contributed by atoms with E-state index in [0.717, 1.165) is 16.8 Å². The van der Waals surface area contributed by atoms with Crippen molar-refractivity contribution in [3.8, 4) is 11.3 Å². The molecule has 0 fully saturated rings. The number of benzene rings is 1. The van der Waals surface area contributed by atoms with E-state index in [2.05, 4.69) is 40.1 Å². The Labute approximate surface area is 107 Å². The molecule has 0 bridgehead atoms. The number of aromatic nitrogens is 3. The van der Waals surface area contributed by atoms with Crippen LogP contribution in [0.3, 0.4) is 0 Å². The van der Waals surface area contributed by atoms with Crippen molar-refractivity contribution >= 4 is 5.95 Å². The maximum Gasteiger partial charge on any atom is 0.243 e. The fraction of sp³-hybridized carbons (Fsp3) is 0.214. The Morgan fingerprint density at radius 2 is 2.11 bits per heavy atom. The number of nitrogens with zero attached hydrogens (tertiary/aromatic N) is 3. The van der Waals surface area contributed by atoms with Gasteiger partial charge in [-0.05, 0) is 19.4 Å².